The second-order valence-corrected chi connectivity index (χ2v) is 3.91. The molecule has 1 aliphatic rings. The van der Waals surface area contributed by atoms with Crippen LogP contribution < -0.4 is 0 Å². The summed E-state index contributed by atoms with van der Waals surface area (Å²) in [5.41, 5.74) is 0. The standard InChI is InChI=1S/C6H11NOS2/c8-4-1-2-7-3-5-10-6(7)9/h8H,1-5H2. The van der Waals surface area contributed by atoms with Crippen molar-refractivity contribution in [3.63, 3.8) is 0 Å². The van der Waals surface area contributed by atoms with Gasteiger partial charge in [0.15, 0.2) is 0 Å². The molecular weight excluding hydrogens is 166 g/mol. The van der Waals surface area contributed by atoms with Gasteiger partial charge in [-0.25, -0.2) is 0 Å². The molecule has 0 saturated carbocycles. The normalized spacial score (nSPS) is 18.5. The van der Waals surface area contributed by atoms with Crippen molar-refractivity contribution in [3.8, 4) is 0 Å². The fourth-order valence-electron chi connectivity index (χ4n) is 0.890. The molecule has 0 aromatic carbocycles. The van der Waals surface area contributed by atoms with E-state index in [1.807, 2.05) is 0 Å². The van der Waals surface area contributed by atoms with Crippen LogP contribution in [0.15, 0.2) is 0 Å². The predicted molar refractivity (Wildman–Crippen MR) is 48.3 cm³/mol. The Balaban J connectivity index is 2.20. The highest BCUT2D eigenvalue weighted by Crippen LogP contribution is 2.17. The van der Waals surface area contributed by atoms with Crippen molar-refractivity contribution < 1.29 is 5.11 Å². The highest BCUT2D eigenvalue weighted by atomic mass is 32.2. The van der Waals surface area contributed by atoms with Crippen LogP contribution in [0.3, 0.4) is 0 Å². The van der Waals surface area contributed by atoms with E-state index in [1.54, 1.807) is 11.8 Å². The van der Waals surface area contributed by atoms with Crippen LogP contribution in [0.5, 0.6) is 0 Å². The molecule has 0 radical (unpaired) electrons. The Hall–Kier alpha value is 0.200. The van der Waals surface area contributed by atoms with Gasteiger partial charge in [-0.2, -0.15) is 0 Å². The Bertz CT molecular complexity index is 129. The van der Waals surface area contributed by atoms with Gasteiger partial charge in [-0.1, -0.05) is 24.0 Å². The van der Waals surface area contributed by atoms with Crippen LogP contribution in [0.2, 0.25) is 0 Å². The number of thioether (sulfide) groups is 1. The first-order valence-electron chi connectivity index (χ1n) is 3.37. The summed E-state index contributed by atoms with van der Waals surface area (Å²) >= 11 is 6.79. The summed E-state index contributed by atoms with van der Waals surface area (Å²) in [6, 6.07) is 0. The van der Waals surface area contributed by atoms with E-state index in [9.17, 15) is 0 Å². The lowest BCUT2D eigenvalue weighted by Gasteiger charge is -2.14. The average Bonchev–Trinajstić information content (AvgIpc) is 2.31. The van der Waals surface area contributed by atoms with Crippen LogP contribution in [-0.2, 0) is 0 Å². The van der Waals surface area contributed by atoms with Gasteiger partial charge in [0.1, 0.15) is 4.32 Å². The molecule has 0 atom stereocenters. The summed E-state index contributed by atoms with van der Waals surface area (Å²) < 4.78 is 0.994. The van der Waals surface area contributed by atoms with Crippen LogP contribution >= 0.6 is 24.0 Å². The zero-order chi connectivity index (χ0) is 7.40. The molecule has 1 heterocycles. The third kappa shape index (κ3) is 2.11. The average molecular weight is 177 g/mol. The van der Waals surface area contributed by atoms with E-state index in [4.69, 9.17) is 17.3 Å². The minimum Gasteiger partial charge on any atom is -0.396 e. The number of aliphatic hydroxyl groups is 1. The molecule has 0 aliphatic carbocycles. The Labute approximate surface area is 70.6 Å². The number of aliphatic hydroxyl groups excluding tert-OH is 1. The van der Waals surface area contributed by atoms with Crippen molar-refractivity contribution in [2.45, 2.75) is 6.42 Å². The molecular formula is C6H11NOS2. The van der Waals surface area contributed by atoms with E-state index in [0.717, 1.165) is 29.6 Å². The van der Waals surface area contributed by atoms with Crippen molar-refractivity contribution in [2.75, 3.05) is 25.4 Å². The van der Waals surface area contributed by atoms with E-state index < -0.39 is 0 Å². The second kappa shape index (κ2) is 4.16. The molecule has 0 unspecified atom stereocenters. The highest BCUT2D eigenvalue weighted by Gasteiger charge is 2.15. The molecule has 4 heteroatoms. The lowest BCUT2D eigenvalue weighted by molar-refractivity contribution is 0.271. The summed E-state index contributed by atoms with van der Waals surface area (Å²) in [6.45, 7) is 2.25. The van der Waals surface area contributed by atoms with Gasteiger partial charge in [-0.15, -0.1) is 0 Å². The molecule has 58 valence electrons. The molecule has 0 amide bonds. The molecule has 1 saturated heterocycles. The topological polar surface area (TPSA) is 23.5 Å². The Morgan fingerprint density at radius 1 is 1.70 bits per heavy atom. The van der Waals surface area contributed by atoms with E-state index in [-0.39, 0.29) is 6.61 Å². The number of rotatable bonds is 3. The fourth-order valence-corrected chi connectivity index (χ4v) is 2.17. The van der Waals surface area contributed by atoms with Gasteiger partial charge in [0, 0.05) is 25.4 Å². The monoisotopic (exact) mass is 177 g/mol. The third-order valence-electron chi connectivity index (χ3n) is 1.43. The largest absolute Gasteiger partial charge is 0.396 e. The second-order valence-electron chi connectivity index (χ2n) is 2.18. The van der Waals surface area contributed by atoms with Gasteiger partial charge < -0.3 is 10.0 Å². The van der Waals surface area contributed by atoms with Crippen LogP contribution in [0.1, 0.15) is 6.42 Å². The van der Waals surface area contributed by atoms with Crippen molar-refractivity contribution >= 4 is 28.3 Å². The van der Waals surface area contributed by atoms with E-state index >= 15 is 0 Å². The van der Waals surface area contributed by atoms with Crippen molar-refractivity contribution in [1.29, 1.82) is 0 Å². The maximum Gasteiger partial charge on any atom is 0.136 e. The van der Waals surface area contributed by atoms with Gasteiger partial charge in [-0.05, 0) is 6.42 Å². The summed E-state index contributed by atoms with van der Waals surface area (Å²) in [5, 5.41) is 8.54. The first-order valence-corrected chi connectivity index (χ1v) is 4.76. The zero-order valence-corrected chi connectivity index (χ0v) is 7.38. The van der Waals surface area contributed by atoms with Gasteiger partial charge in [0.05, 0.1) is 0 Å². The quantitative estimate of drug-likeness (QED) is 0.641. The summed E-state index contributed by atoms with van der Waals surface area (Å²) in [6.07, 6.45) is 0.834. The molecule has 1 rings (SSSR count). The van der Waals surface area contributed by atoms with Gasteiger partial charge in [0.2, 0.25) is 0 Å². The Morgan fingerprint density at radius 2 is 2.50 bits per heavy atom. The summed E-state index contributed by atoms with van der Waals surface area (Å²) in [7, 11) is 0. The molecule has 1 N–H and O–H groups in total. The summed E-state index contributed by atoms with van der Waals surface area (Å²) in [5.74, 6) is 1.12. The minimum atomic E-state index is 0.268. The van der Waals surface area contributed by atoms with Gasteiger partial charge in [-0.3, -0.25) is 0 Å². The molecule has 0 bridgehead atoms. The predicted octanol–water partition coefficient (Wildman–Crippen LogP) is 0.702. The van der Waals surface area contributed by atoms with E-state index in [0.29, 0.717) is 0 Å². The number of hydrogen-bond donors (Lipinski definition) is 1. The smallest absolute Gasteiger partial charge is 0.136 e. The number of thiocarbonyl (C=S) groups is 1. The van der Waals surface area contributed by atoms with Crippen LogP contribution in [0.4, 0.5) is 0 Å². The number of hydrogen-bond acceptors (Lipinski definition) is 3. The van der Waals surface area contributed by atoms with E-state index in [1.165, 1.54) is 0 Å². The lowest BCUT2D eigenvalue weighted by atomic mass is 10.4. The molecule has 0 aromatic heterocycles. The van der Waals surface area contributed by atoms with Crippen molar-refractivity contribution in [3.05, 3.63) is 0 Å². The van der Waals surface area contributed by atoms with Crippen molar-refractivity contribution in [2.24, 2.45) is 0 Å². The summed E-state index contributed by atoms with van der Waals surface area (Å²) in [4.78, 5) is 2.15. The van der Waals surface area contributed by atoms with Crippen molar-refractivity contribution in [1.82, 2.24) is 4.90 Å². The van der Waals surface area contributed by atoms with Crippen LogP contribution in [0.25, 0.3) is 0 Å². The first-order chi connectivity index (χ1) is 4.84. The molecule has 2 nitrogen and oxygen atoms in total. The maximum atomic E-state index is 8.54. The third-order valence-corrected chi connectivity index (χ3v) is 2.93. The van der Waals surface area contributed by atoms with Gasteiger partial charge >= 0.3 is 0 Å². The van der Waals surface area contributed by atoms with Crippen LogP contribution in [0, 0.1) is 0 Å². The van der Waals surface area contributed by atoms with Gasteiger partial charge in [0.25, 0.3) is 0 Å². The molecule has 1 fully saturated rings. The fraction of sp³-hybridized carbons (Fsp3) is 0.833. The molecule has 1 aliphatic heterocycles. The first kappa shape index (κ1) is 8.30. The number of nitrogens with zero attached hydrogens (tertiary/aromatic N) is 1. The molecule has 0 aromatic rings. The zero-order valence-electron chi connectivity index (χ0n) is 5.75. The maximum absolute atomic E-state index is 8.54. The molecule has 0 spiro atoms. The minimum absolute atomic E-state index is 0.268. The SMILES string of the molecule is OCCCN1CCSC1=S. The highest BCUT2D eigenvalue weighted by molar-refractivity contribution is 8.23. The Morgan fingerprint density at radius 3 is 3.00 bits per heavy atom. The van der Waals surface area contributed by atoms with E-state index in [2.05, 4.69) is 4.90 Å². The van der Waals surface area contributed by atoms with Crippen LogP contribution in [-0.4, -0.2) is 39.8 Å². The lowest BCUT2D eigenvalue weighted by Crippen LogP contribution is -2.24. The Kier molecular flexibility index (Phi) is 3.45. The molecule has 10 heavy (non-hydrogen) atoms.